The van der Waals surface area contributed by atoms with Gasteiger partial charge in [0.2, 0.25) is 0 Å². The van der Waals surface area contributed by atoms with E-state index in [0.717, 1.165) is 37.1 Å². The van der Waals surface area contributed by atoms with Crippen LogP contribution in [-0.4, -0.2) is 58.2 Å². The molecule has 0 saturated carbocycles. The molecule has 1 aliphatic heterocycles. The predicted molar refractivity (Wildman–Crippen MR) is 101 cm³/mol. The fraction of sp³-hybridized carbons (Fsp3) is 0.611. The third-order valence-electron chi connectivity index (χ3n) is 4.49. The molecule has 2 N–H and O–H groups in total. The van der Waals surface area contributed by atoms with E-state index in [2.05, 4.69) is 44.6 Å². The number of pyridine rings is 1. The number of fused-ring (bicyclic) bond motifs is 1. The van der Waals surface area contributed by atoms with Crippen molar-refractivity contribution in [2.45, 2.75) is 33.2 Å². The molecule has 1 unspecified atom stereocenters. The summed E-state index contributed by atoms with van der Waals surface area (Å²) in [6.07, 6.45) is 4.66. The lowest BCUT2D eigenvalue weighted by molar-refractivity contribution is 0.287. The number of hydrogen-bond donors (Lipinski definition) is 2. The van der Waals surface area contributed by atoms with Crippen molar-refractivity contribution in [3.05, 3.63) is 30.2 Å². The second-order valence-corrected chi connectivity index (χ2v) is 6.73. The summed E-state index contributed by atoms with van der Waals surface area (Å²) < 4.78 is 1.98. The Labute approximate surface area is 149 Å². The zero-order valence-electron chi connectivity index (χ0n) is 15.3. The Bertz CT molecular complexity index is 688. The number of guanidine groups is 1. The maximum atomic E-state index is 4.67. The monoisotopic (exact) mass is 343 g/mol. The molecule has 0 amide bonds. The molecule has 0 aliphatic carbocycles. The Morgan fingerprint density at radius 1 is 1.24 bits per heavy atom. The van der Waals surface area contributed by atoms with Gasteiger partial charge >= 0.3 is 0 Å². The quantitative estimate of drug-likeness (QED) is 0.589. The lowest BCUT2D eigenvalue weighted by Crippen LogP contribution is -2.41. The summed E-state index contributed by atoms with van der Waals surface area (Å²) >= 11 is 0. The first-order valence-electron chi connectivity index (χ1n) is 9.29. The van der Waals surface area contributed by atoms with Crippen LogP contribution in [0.2, 0.25) is 0 Å². The van der Waals surface area contributed by atoms with Gasteiger partial charge in [-0.3, -0.25) is 4.40 Å². The van der Waals surface area contributed by atoms with Gasteiger partial charge in [-0.1, -0.05) is 13.0 Å². The Hall–Kier alpha value is -2.15. The molecule has 0 aromatic carbocycles. The van der Waals surface area contributed by atoms with Crippen LogP contribution in [0.4, 0.5) is 0 Å². The average molecular weight is 343 g/mol. The molecule has 3 heterocycles. The van der Waals surface area contributed by atoms with Crippen molar-refractivity contribution in [2.75, 3.05) is 32.7 Å². The van der Waals surface area contributed by atoms with Crippen LogP contribution in [0.5, 0.6) is 0 Å². The van der Waals surface area contributed by atoms with E-state index in [4.69, 9.17) is 0 Å². The number of rotatable bonds is 7. The van der Waals surface area contributed by atoms with Crippen molar-refractivity contribution in [3.8, 4) is 0 Å². The van der Waals surface area contributed by atoms with Crippen molar-refractivity contribution >= 4 is 11.6 Å². The molecule has 2 aromatic heterocycles. The van der Waals surface area contributed by atoms with Crippen LogP contribution >= 0.6 is 0 Å². The standard InChI is InChI=1S/C18H29N7/c1-3-19-18(20-12-15(2)14-24-9-6-7-10-24)21-13-17-23-22-16-8-4-5-11-25(16)17/h4-5,8,11,15H,3,6-7,9-10,12-14H2,1-2H3,(H2,19,20,21). The summed E-state index contributed by atoms with van der Waals surface area (Å²) in [5, 5.41) is 15.2. The van der Waals surface area contributed by atoms with E-state index in [9.17, 15) is 0 Å². The first-order chi connectivity index (χ1) is 12.3. The van der Waals surface area contributed by atoms with Gasteiger partial charge in [0.1, 0.15) is 6.54 Å². The van der Waals surface area contributed by atoms with E-state index in [1.165, 1.54) is 25.9 Å². The van der Waals surface area contributed by atoms with Crippen molar-refractivity contribution < 1.29 is 0 Å². The molecule has 7 nitrogen and oxygen atoms in total. The smallest absolute Gasteiger partial charge is 0.191 e. The first-order valence-corrected chi connectivity index (χ1v) is 9.29. The highest BCUT2D eigenvalue weighted by Gasteiger charge is 2.14. The number of hydrogen-bond acceptors (Lipinski definition) is 4. The van der Waals surface area contributed by atoms with Crippen LogP contribution in [0.3, 0.4) is 0 Å². The normalized spacial score (nSPS) is 17.1. The summed E-state index contributed by atoms with van der Waals surface area (Å²) in [6.45, 7) is 10.3. The highest BCUT2D eigenvalue weighted by atomic mass is 15.3. The molecule has 0 spiro atoms. The van der Waals surface area contributed by atoms with Crippen LogP contribution in [0, 0.1) is 5.92 Å². The fourth-order valence-electron chi connectivity index (χ4n) is 3.23. The Morgan fingerprint density at radius 3 is 2.88 bits per heavy atom. The molecule has 7 heteroatoms. The second-order valence-electron chi connectivity index (χ2n) is 6.73. The highest BCUT2D eigenvalue weighted by molar-refractivity contribution is 5.79. The topological polar surface area (TPSA) is 69.8 Å². The van der Waals surface area contributed by atoms with Crippen molar-refractivity contribution in [2.24, 2.45) is 10.9 Å². The van der Waals surface area contributed by atoms with Gasteiger partial charge in [0.15, 0.2) is 17.4 Å². The number of aromatic nitrogens is 3. The molecule has 0 radical (unpaired) electrons. The van der Waals surface area contributed by atoms with Crippen molar-refractivity contribution in [3.63, 3.8) is 0 Å². The molecule has 0 bridgehead atoms. The highest BCUT2D eigenvalue weighted by Crippen LogP contribution is 2.09. The van der Waals surface area contributed by atoms with Gasteiger partial charge in [-0.15, -0.1) is 10.2 Å². The van der Waals surface area contributed by atoms with Crippen molar-refractivity contribution in [1.29, 1.82) is 0 Å². The molecule has 1 aliphatic rings. The van der Waals surface area contributed by atoms with Gasteiger partial charge in [0, 0.05) is 25.8 Å². The van der Waals surface area contributed by atoms with Gasteiger partial charge in [-0.05, 0) is 50.9 Å². The molecule has 25 heavy (non-hydrogen) atoms. The fourth-order valence-corrected chi connectivity index (χ4v) is 3.23. The molecule has 1 fully saturated rings. The minimum atomic E-state index is 0.501. The van der Waals surface area contributed by atoms with Crippen LogP contribution in [0.25, 0.3) is 5.65 Å². The zero-order valence-corrected chi connectivity index (χ0v) is 15.3. The van der Waals surface area contributed by atoms with E-state index >= 15 is 0 Å². The van der Waals surface area contributed by atoms with E-state index in [1.54, 1.807) is 0 Å². The SMILES string of the molecule is CCNC(=NCc1nnc2ccccn12)NCC(C)CN1CCCC1. The van der Waals surface area contributed by atoms with E-state index < -0.39 is 0 Å². The minimum absolute atomic E-state index is 0.501. The largest absolute Gasteiger partial charge is 0.357 e. The average Bonchev–Trinajstić information content (AvgIpc) is 3.27. The van der Waals surface area contributed by atoms with Crippen LogP contribution in [-0.2, 0) is 6.54 Å². The molecular formula is C18H29N7. The zero-order chi connectivity index (χ0) is 17.5. The van der Waals surface area contributed by atoms with E-state index in [0.29, 0.717) is 12.5 Å². The molecule has 1 saturated heterocycles. The van der Waals surface area contributed by atoms with E-state index in [1.807, 2.05) is 28.8 Å². The van der Waals surface area contributed by atoms with Crippen molar-refractivity contribution in [1.82, 2.24) is 30.1 Å². The van der Waals surface area contributed by atoms with E-state index in [-0.39, 0.29) is 0 Å². The number of nitrogens with zero attached hydrogens (tertiary/aromatic N) is 5. The Balaban J connectivity index is 1.55. The molecule has 3 rings (SSSR count). The lowest BCUT2D eigenvalue weighted by Gasteiger charge is -2.21. The molecule has 136 valence electrons. The predicted octanol–water partition coefficient (Wildman–Crippen LogP) is 1.52. The Morgan fingerprint density at radius 2 is 2.08 bits per heavy atom. The summed E-state index contributed by atoms with van der Waals surface area (Å²) in [7, 11) is 0. The second kappa shape index (κ2) is 8.80. The van der Waals surface area contributed by atoms with Gasteiger partial charge in [-0.25, -0.2) is 4.99 Å². The molecular weight excluding hydrogens is 314 g/mol. The number of nitrogens with one attached hydrogen (secondary N) is 2. The number of likely N-dealkylation sites (tertiary alicyclic amines) is 1. The number of aliphatic imine (C=N–C) groups is 1. The summed E-state index contributed by atoms with van der Waals surface area (Å²) in [6, 6.07) is 5.89. The van der Waals surface area contributed by atoms with Gasteiger partial charge in [0.05, 0.1) is 0 Å². The van der Waals surface area contributed by atoms with Gasteiger partial charge in [0.25, 0.3) is 0 Å². The first kappa shape index (κ1) is 17.7. The molecule has 1 atom stereocenters. The van der Waals surface area contributed by atoms with Gasteiger partial charge in [-0.2, -0.15) is 0 Å². The molecule has 2 aromatic rings. The van der Waals surface area contributed by atoms with Crippen LogP contribution in [0.1, 0.15) is 32.5 Å². The van der Waals surface area contributed by atoms with Crippen LogP contribution in [0.15, 0.2) is 29.4 Å². The third-order valence-corrected chi connectivity index (χ3v) is 4.49. The third kappa shape index (κ3) is 4.92. The lowest BCUT2D eigenvalue weighted by atomic mass is 10.1. The summed E-state index contributed by atoms with van der Waals surface area (Å²) in [5.41, 5.74) is 0.852. The summed E-state index contributed by atoms with van der Waals surface area (Å²) in [4.78, 5) is 7.22. The van der Waals surface area contributed by atoms with Gasteiger partial charge < -0.3 is 15.5 Å². The maximum Gasteiger partial charge on any atom is 0.191 e. The Kier molecular flexibility index (Phi) is 6.22. The maximum absolute atomic E-state index is 4.67. The summed E-state index contributed by atoms with van der Waals surface area (Å²) in [5.74, 6) is 2.28. The van der Waals surface area contributed by atoms with Crippen LogP contribution < -0.4 is 10.6 Å². The minimum Gasteiger partial charge on any atom is -0.357 e.